The minimum absolute atomic E-state index is 0.168. The van der Waals surface area contributed by atoms with Crippen molar-refractivity contribution in [3.8, 4) is 0 Å². The van der Waals surface area contributed by atoms with E-state index in [1.807, 2.05) is 38.1 Å². The minimum Gasteiger partial charge on any atom is -0.408 e. The average molecular weight is 431 g/mol. The number of hydrogen-bond acceptors (Lipinski definition) is 5. The molecule has 3 heterocycles. The highest BCUT2D eigenvalue weighted by molar-refractivity contribution is 5.84. The molecular weight excluding hydrogens is 410 g/mol. The topological polar surface area (TPSA) is 104 Å². The zero-order chi connectivity index (χ0) is 22.4. The molecule has 2 aromatic carbocycles. The van der Waals surface area contributed by atoms with Gasteiger partial charge in [0.25, 0.3) is 0 Å². The number of benzene rings is 2. The molecular formula is C23H21N5O4. The number of hydrogen-bond donors (Lipinski definition) is 1. The van der Waals surface area contributed by atoms with Crippen molar-refractivity contribution in [2.24, 2.45) is 0 Å². The molecule has 0 saturated carbocycles. The third kappa shape index (κ3) is 3.27. The maximum atomic E-state index is 13.0. The van der Waals surface area contributed by atoms with E-state index in [2.05, 4.69) is 10.4 Å². The number of pyridine rings is 1. The molecule has 0 atom stereocenters. The molecule has 32 heavy (non-hydrogen) atoms. The Bertz CT molecular complexity index is 1620. The monoisotopic (exact) mass is 431 g/mol. The molecule has 9 nitrogen and oxygen atoms in total. The Balaban J connectivity index is 1.35. The van der Waals surface area contributed by atoms with Gasteiger partial charge in [-0.2, -0.15) is 0 Å². The first-order chi connectivity index (χ1) is 15.4. The van der Waals surface area contributed by atoms with Gasteiger partial charge in [0.05, 0.1) is 17.6 Å². The third-order valence-corrected chi connectivity index (χ3v) is 5.51. The fraction of sp³-hybridized carbons (Fsp3) is 0.217. The summed E-state index contributed by atoms with van der Waals surface area (Å²) in [7, 11) is 0. The van der Waals surface area contributed by atoms with Crippen LogP contribution in [0.5, 0.6) is 0 Å². The number of carbonyl (C=O) groups is 1. The molecule has 0 spiro atoms. The van der Waals surface area contributed by atoms with E-state index in [1.165, 1.54) is 9.25 Å². The molecule has 9 heteroatoms. The molecule has 5 rings (SSSR count). The Hall–Kier alpha value is -4.14. The van der Waals surface area contributed by atoms with Gasteiger partial charge in [-0.3, -0.25) is 9.36 Å². The van der Waals surface area contributed by atoms with Crippen molar-refractivity contribution < 1.29 is 9.21 Å². The van der Waals surface area contributed by atoms with Gasteiger partial charge in [-0.1, -0.05) is 24.3 Å². The van der Waals surface area contributed by atoms with Gasteiger partial charge in [0, 0.05) is 6.54 Å². The molecule has 0 saturated heterocycles. The number of aromatic nitrogens is 4. The Morgan fingerprint density at radius 3 is 2.72 bits per heavy atom. The maximum Gasteiger partial charge on any atom is 0.420 e. The summed E-state index contributed by atoms with van der Waals surface area (Å²) in [4.78, 5) is 37.5. The van der Waals surface area contributed by atoms with Gasteiger partial charge in [0.1, 0.15) is 6.54 Å². The number of rotatable bonds is 5. The smallest absolute Gasteiger partial charge is 0.408 e. The number of carbonyl (C=O) groups excluding carboxylic acids is 1. The van der Waals surface area contributed by atoms with Crippen LogP contribution in [0.15, 0.2) is 62.5 Å². The van der Waals surface area contributed by atoms with E-state index in [0.717, 1.165) is 22.0 Å². The van der Waals surface area contributed by atoms with Crippen molar-refractivity contribution >= 4 is 33.6 Å². The summed E-state index contributed by atoms with van der Waals surface area (Å²) in [6.45, 7) is 4.13. The second-order valence-electron chi connectivity index (χ2n) is 7.83. The van der Waals surface area contributed by atoms with E-state index in [0.29, 0.717) is 16.7 Å². The summed E-state index contributed by atoms with van der Waals surface area (Å²) in [6, 6.07) is 14.9. The second-order valence-corrected chi connectivity index (χ2v) is 7.83. The van der Waals surface area contributed by atoms with Crippen molar-refractivity contribution in [2.75, 3.05) is 6.54 Å². The highest BCUT2D eigenvalue weighted by atomic mass is 16.4. The Morgan fingerprint density at radius 1 is 1.06 bits per heavy atom. The SMILES string of the molecule is Cc1ccc2cc(C)c3nn(CCNC(=O)Cn4c(=O)oc5ccccc54)c(=O)n3c2c1. The number of amides is 1. The standard InChI is InChI=1S/C23H21N5O4/c1-14-7-8-16-12-15(2)21-25-27(22(30)28(21)18(16)11-14)10-9-24-20(29)13-26-17-5-3-4-6-19(17)32-23(26)31/h3-8,11-12H,9-10,13H2,1-2H3,(H,24,29). The van der Waals surface area contributed by atoms with Gasteiger partial charge < -0.3 is 9.73 Å². The van der Waals surface area contributed by atoms with Crippen LogP contribution in [0.4, 0.5) is 0 Å². The number of oxazole rings is 1. The lowest BCUT2D eigenvalue weighted by Crippen LogP contribution is -2.34. The van der Waals surface area contributed by atoms with Crippen molar-refractivity contribution in [3.05, 3.63) is 80.7 Å². The van der Waals surface area contributed by atoms with Crippen LogP contribution >= 0.6 is 0 Å². The number of fused-ring (bicyclic) bond motifs is 4. The lowest BCUT2D eigenvalue weighted by Gasteiger charge is -2.05. The van der Waals surface area contributed by atoms with E-state index in [4.69, 9.17) is 4.42 Å². The predicted octanol–water partition coefficient (Wildman–Crippen LogP) is 1.99. The van der Waals surface area contributed by atoms with Crippen LogP contribution in [0.2, 0.25) is 0 Å². The lowest BCUT2D eigenvalue weighted by molar-refractivity contribution is -0.121. The van der Waals surface area contributed by atoms with E-state index in [-0.39, 0.29) is 31.2 Å². The highest BCUT2D eigenvalue weighted by Crippen LogP contribution is 2.19. The zero-order valence-corrected chi connectivity index (χ0v) is 17.7. The third-order valence-electron chi connectivity index (χ3n) is 5.51. The number of nitrogens with one attached hydrogen (secondary N) is 1. The van der Waals surface area contributed by atoms with E-state index in [9.17, 15) is 14.4 Å². The number of para-hydroxylation sites is 2. The summed E-state index contributed by atoms with van der Waals surface area (Å²) in [5.41, 5.74) is 4.07. The maximum absolute atomic E-state index is 13.0. The van der Waals surface area contributed by atoms with Crippen LogP contribution < -0.4 is 16.8 Å². The van der Waals surface area contributed by atoms with Crippen molar-refractivity contribution in [2.45, 2.75) is 26.9 Å². The Morgan fingerprint density at radius 2 is 1.88 bits per heavy atom. The first-order valence-corrected chi connectivity index (χ1v) is 10.3. The molecule has 3 aromatic heterocycles. The van der Waals surface area contributed by atoms with Crippen molar-refractivity contribution in [1.82, 2.24) is 24.1 Å². The van der Waals surface area contributed by atoms with E-state index >= 15 is 0 Å². The molecule has 0 aliphatic carbocycles. The van der Waals surface area contributed by atoms with Gasteiger partial charge >= 0.3 is 11.4 Å². The lowest BCUT2D eigenvalue weighted by atomic mass is 10.1. The van der Waals surface area contributed by atoms with Gasteiger partial charge in [0.15, 0.2) is 11.2 Å². The molecule has 0 aliphatic rings. The Labute approximate surface area is 181 Å². The van der Waals surface area contributed by atoms with Crippen LogP contribution in [-0.4, -0.2) is 31.2 Å². The summed E-state index contributed by atoms with van der Waals surface area (Å²) >= 11 is 0. The van der Waals surface area contributed by atoms with Gasteiger partial charge in [-0.15, -0.1) is 5.10 Å². The molecule has 0 bridgehead atoms. The summed E-state index contributed by atoms with van der Waals surface area (Å²) in [5, 5.41) is 8.18. The molecule has 0 fully saturated rings. The van der Waals surface area contributed by atoms with Crippen LogP contribution in [0, 0.1) is 13.8 Å². The van der Waals surface area contributed by atoms with E-state index < -0.39 is 5.76 Å². The van der Waals surface area contributed by atoms with Gasteiger partial charge in [0.2, 0.25) is 5.91 Å². The van der Waals surface area contributed by atoms with Crippen LogP contribution in [0.1, 0.15) is 11.1 Å². The fourth-order valence-electron chi connectivity index (χ4n) is 3.96. The first kappa shape index (κ1) is 19.8. The molecule has 1 N–H and O–H groups in total. The minimum atomic E-state index is -0.587. The molecule has 1 amide bonds. The van der Waals surface area contributed by atoms with E-state index in [1.54, 1.807) is 28.7 Å². The summed E-state index contributed by atoms with van der Waals surface area (Å²) < 4.78 is 9.38. The van der Waals surface area contributed by atoms with Crippen LogP contribution in [0.3, 0.4) is 0 Å². The van der Waals surface area contributed by atoms with Crippen molar-refractivity contribution in [3.63, 3.8) is 0 Å². The predicted molar refractivity (Wildman–Crippen MR) is 120 cm³/mol. The number of nitrogens with zero attached hydrogens (tertiary/aromatic N) is 4. The summed E-state index contributed by atoms with van der Waals surface area (Å²) in [5.74, 6) is -0.941. The van der Waals surface area contributed by atoms with Crippen LogP contribution in [0.25, 0.3) is 27.6 Å². The second kappa shape index (κ2) is 7.52. The molecule has 0 unspecified atom stereocenters. The normalized spacial score (nSPS) is 11.6. The zero-order valence-electron chi connectivity index (χ0n) is 17.7. The largest absolute Gasteiger partial charge is 0.420 e. The van der Waals surface area contributed by atoms with Gasteiger partial charge in [-0.05, 0) is 54.6 Å². The first-order valence-electron chi connectivity index (χ1n) is 10.3. The van der Waals surface area contributed by atoms with Crippen molar-refractivity contribution in [1.29, 1.82) is 0 Å². The molecule has 162 valence electrons. The Kier molecular flexibility index (Phi) is 4.66. The van der Waals surface area contributed by atoms with Crippen LogP contribution in [-0.2, 0) is 17.9 Å². The highest BCUT2D eigenvalue weighted by Gasteiger charge is 2.14. The van der Waals surface area contributed by atoms with Gasteiger partial charge in [-0.25, -0.2) is 18.7 Å². The average Bonchev–Trinajstić information content (AvgIpc) is 3.26. The summed E-state index contributed by atoms with van der Waals surface area (Å²) in [6.07, 6.45) is 0. The number of aryl methyl sites for hydroxylation is 2. The quantitative estimate of drug-likeness (QED) is 0.458. The fourth-order valence-corrected chi connectivity index (χ4v) is 3.96. The molecule has 0 radical (unpaired) electrons. The molecule has 5 aromatic rings. The molecule has 0 aliphatic heterocycles.